The summed E-state index contributed by atoms with van der Waals surface area (Å²) in [5.41, 5.74) is -0.0951. The normalized spacial score (nSPS) is 11.7. The molecule has 0 aliphatic carbocycles. The van der Waals surface area contributed by atoms with E-state index in [4.69, 9.17) is 4.74 Å². The van der Waals surface area contributed by atoms with Gasteiger partial charge in [0.15, 0.2) is 29.2 Å². The van der Waals surface area contributed by atoms with Crippen LogP contribution in [0.3, 0.4) is 0 Å². The monoisotopic (exact) mass is 339 g/mol. The second-order valence-electron chi connectivity index (χ2n) is 4.80. The second kappa shape index (κ2) is 7.07. The van der Waals surface area contributed by atoms with Gasteiger partial charge in [-0.25, -0.2) is 22.9 Å². The first-order valence-corrected chi connectivity index (χ1v) is 6.73. The highest BCUT2D eigenvalue weighted by atomic mass is 19.2. The van der Waals surface area contributed by atoms with Gasteiger partial charge in [0.25, 0.3) is 5.91 Å². The first-order chi connectivity index (χ1) is 11.3. The summed E-state index contributed by atoms with van der Waals surface area (Å²) < 4.78 is 44.3. The lowest BCUT2D eigenvalue weighted by molar-refractivity contribution is -0.123. The third-order valence-corrected chi connectivity index (χ3v) is 2.94. The Morgan fingerprint density at radius 3 is 2.46 bits per heavy atom. The van der Waals surface area contributed by atoms with Gasteiger partial charge < -0.3 is 10.1 Å². The number of hydrogen-bond acceptors (Lipinski definition) is 5. The minimum absolute atomic E-state index is 0.112. The molecule has 1 amide bonds. The van der Waals surface area contributed by atoms with Gasteiger partial charge in [0, 0.05) is 6.20 Å². The van der Waals surface area contributed by atoms with Crippen LogP contribution in [0.4, 0.5) is 18.9 Å². The van der Waals surface area contributed by atoms with E-state index in [1.807, 2.05) is 5.32 Å². The smallest absolute Gasteiger partial charge is 0.359 e. The Kier molecular flexibility index (Phi) is 5.12. The SMILES string of the molecule is Cc1cnc(C(=O)O[C@@H](C)C(=O)Nc2ccc(F)c(F)c2F)cn1. The Hall–Kier alpha value is -2.97. The molecule has 1 heterocycles. The van der Waals surface area contributed by atoms with E-state index in [1.165, 1.54) is 19.3 Å². The fraction of sp³-hybridized carbons (Fsp3) is 0.200. The summed E-state index contributed by atoms with van der Waals surface area (Å²) in [5, 5.41) is 2.01. The molecule has 0 unspecified atom stereocenters. The van der Waals surface area contributed by atoms with Crippen LogP contribution in [-0.4, -0.2) is 27.9 Å². The highest BCUT2D eigenvalue weighted by Crippen LogP contribution is 2.20. The Balaban J connectivity index is 2.03. The number of carbonyl (C=O) groups excluding carboxylic acids is 2. The van der Waals surface area contributed by atoms with Gasteiger partial charge in [0.1, 0.15) is 0 Å². The lowest BCUT2D eigenvalue weighted by atomic mass is 10.2. The van der Waals surface area contributed by atoms with Crippen molar-refractivity contribution in [2.75, 3.05) is 5.32 Å². The second-order valence-corrected chi connectivity index (χ2v) is 4.80. The number of anilines is 1. The molecule has 1 atom stereocenters. The third kappa shape index (κ3) is 3.86. The molecule has 1 aromatic carbocycles. The Morgan fingerprint density at radius 2 is 1.83 bits per heavy atom. The number of aryl methyl sites for hydroxylation is 1. The van der Waals surface area contributed by atoms with E-state index in [1.54, 1.807) is 6.92 Å². The average molecular weight is 339 g/mol. The van der Waals surface area contributed by atoms with E-state index in [9.17, 15) is 22.8 Å². The zero-order valence-electron chi connectivity index (χ0n) is 12.6. The first kappa shape index (κ1) is 17.4. The van der Waals surface area contributed by atoms with Crippen LogP contribution in [-0.2, 0) is 9.53 Å². The molecule has 0 aliphatic heterocycles. The molecule has 1 N–H and O–H groups in total. The van der Waals surface area contributed by atoms with Crippen molar-refractivity contribution in [2.45, 2.75) is 20.0 Å². The number of aromatic nitrogens is 2. The van der Waals surface area contributed by atoms with Crippen LogP contribution in [0.15, 0.2) is 24.5 Å². The lowest BCUT2D eigenvalue weighted by Crippen LogP contribution is -2.30. The number of nitrogens with zero attached hydrogens (tertiary/aromatic N) is 2. The summed E-state index contributed by atoms with van der Waals surface area (Å²) in [7, 11) is 0. The summed E-state index contributed by atoms with van der Waals surface area (Å²) in [6.07, 6.45) is 1.20. The Morgan fingerprint density at radius 1 is 1.12 bits per heavy atom. The van der Waals surface area contributed by atoms with Crippen molar-refractivity contribution in [1.82, 2.24) is 9.97 Å². The molecule has 0 aliphatic rings. The number of esters is 1. The molecule has 24 heavy (non-hydrogen) atoms. The standard InChI is InChI=1S/C15H12F3N3O3/c1-7-5-20-11(6-19-7)15(23)24-8(2)14(22)21-10-4-3-9(16)12(17)13(10)18/h3-6,8H,1-2H3,(H,21,22)/t8-/m0/s1. The predicted octanol–water partition coefficient (Wildman–Crippen LogP) is 2.39. The van der Waals surface area contributed by atoms with Gasteiger partial charge in [-0.05, 0) is 26.0 Å². The van der Waals surface area contributed by atoms with E-state index in [0.29, 0.717) is 11.8 Å². The van der Waals surface area contributed by atoms with Crippen molar-refractivity contribution in [3.63, 3.8) is 0 Å². The van der Waals surface area contributed by atoms with Crippen LogP contribution < -0.4 is 5.32 Å². The van der Waals surface area contributed by atoms with Gasteiger partial charge in [-0.2, -0.15) is 0 Å². The Bertz CT molecular complexity index is 782. The van der Waals surface area contributed by atoms with Gasteiger partial charge in [0.05, 0.1) is 17.6 Å². The number of hydrogen-bond donors (Lipinski definition) is 1. The topological polar surface area (TPSA) is 81.2 Å². The van der Waals surface area contributed by atoms with E-state index in [0.717, 1.165) is 6.07 Å². The molecule has 0 radical (unpaired) electrons. The van der Waals surface area contributed by atoms with Crippen LogP contribution in [0.2, 0.25) is 0 Å². The van der Waals surface area contributed by atoms with Crippen molar-refractivity contribution >= 4 is 17.6 Å². The largest absolute Gasteiger partial charge is 0.448 e. The van der Waals surface area contributed by atoms with E-state index in [-0.39, 0.29) is 5.69 Å². The molecule has 0 fully saturated rings. The number of benzene rings is 1. The highest BCUT2D eigenvalue weighted by molar-refractivity contribution is 5.96. The summed E-state index contributed by atoms with van der Waals surface area (Å²) in [5.74, 6) is -6.48. The van der Waals surface area contributed by atoms with Crippen LogP contribution >= 0.6 is 0 Å². The van der Waals surface area contributed by atoms with E-state index < -0.39 is 41.1 Å². The fourth-order valence-corrected chi connectivity index (χ4v) is 1.63. The molecule has 126 valence electrons. The summed E-state index contributed by atoms with van der Waals surface area (Å²) in [4.78, 5) is 31.3. The molecule has 1 aromatic heterocycles. The van der Waals surface area contributed by atoms with Crippen LogP contribution in [0, 0.1) is 24.4 Å². The average Bonchev–Trinajstić information content (AvgIpc) is 2.55. The minimum Gasteiger partial charge on any atom is -0.448 e. The molecule has 2 rings (SSSR count). The van der Waals surface area contributed by atoms with Gasteiger partial charge >= 0.3 is 5.97 Å². The number of carbonyl (C=O) groups is 2. The third-order valence-electron chi connectivity index (χ3n) is 2.94. The number of nitrogens with one attached hydrogen (secondary N) is 1. The molecule has 9 heteroatoms. The molecule has 0 spiro atoms. The molecule has 0 saturated heterocycles. The van der Waals surface area contributed by atoms with Crippen molar-refractivity contribution in [2.24, 2.45) is 0 Å². The number of amides is 1. The maximum absolute atomic E-state index is 13.5. The van der Waals surface area contributed by atoms with Crippen LogP contribution in [0.25, 0.3) is 0 Å². The van der Waals surface area contributed by atoms with Crippen LogP contribution in [0.5, 0.6) is 0 Å². The van der Waals surface area contributed by atoms with Crippen molar-refractivity contribution in [1.29, 1.82) is 0 Å². The van der Waals surface area contributed by atoms with E-state index in [2.05, 4.69) is 9.97 Å². The maximum Gasteiger partial charge on any atom is 0.359 e. The quantitative estimate of drug-likeness (QED) is 0.683. The molecule has 2 aromatic rings. The summed E-state index contributed by atoms with van der Waals surface area (Å²) >= 11 is 0. The lowest BCUT2D eigenvalue weighted by Gasteiger charge is -2.13. The highest BCUT2D eigenvalue weighted by Gasteiger charge is 2.22. The summed E-state index contributed by atoms with van der Waals surface area (Å²) in [6, 6.07) is 1.51. The van der Waals surface area contributed by atoms with Gasteiger partial charge in [-0.15, -0.1) is 0 Å². The van der Waals surface area contributed by atoms with Crippen molar-refractivity contribution < 1.29 is 27.5 Å². The van der Waals surface area contributed by atoms with Crippen molar-refractivity contribution in [3.8, 4) is 0 Å². The van der Waals surface area contributed by atoms with Crippen LogP contribution in [0.1, 0.15) is 23.1 Å². The van der Waals surface area contributed by atoms with Crippen molar-refractivity contribution in [3.05, 3.63) is 53.4 Å². The predicted molar refractivity (Wildman–Crippen MR) is 76.6 cm³/mol. The van der Waals surface area contributed by atoms with E-state index >= 15 is 0 Å². The summed E-state index contributed by atoms with van der Waals surface area (Å²) in [6.45, 7) is 2.90. The molecular formula is C15H12F3N3O3. The fourth-order valence-electron chi connectivity index (χ4n) is 1.63. The molecule has 6 nitrogen and oxygen atoms in total. The Labute approximate surface area is 134 Å². The zero-order valence-corrected chi connectivity index (χ0v) is 12.6. The molecular weight excluding hydrogens is 327 g/mol. The first-order valence-electron chi connectivity index (χ1n) is 6.73. The number of rotatable bonds is 4. The number of halogens is 3. The zero-order chi connectivity index (χ0) is 17.9. The van der Waals surface area contributed by atoms with Gasteiger partial charge in [-0.3, -0.25) is 9.78 Å². The maximum atomic E-state index is 13.5. The molecule has 0 bridgehead atoms. The van der Waals surface area contributed by atoms with Gasteiger partial charge in [-0.1, -0.05) is 0 Å². The number of ether oxygens (including phenoxy) is 1. The van der Waals surface area contributed by atoms with Gasteiger partial charge in [0.2, 0.25) is 0 Å². The minimum atomic E-state index is -1.72. The molecule has 0 saturated carbocycles.